The summed E-state index contributed by atoms with van der Waals surface area (Å²) in [6, 6.07) is 5.60. The van der Waals surface area contributed by atoms with Crippen molar-refractivity contribution in [2.45, 2.75) is 26.3 Å². The second kappa shape index (κ2) is 6.40. The second-order valence-electron chi connectivity index (χ2n) is 6.47. The molecule has 0 unspecified atom stereocenters. The van der Waals surface area contributed by atoms with E-state index in [2.05, 4.69) is 26.1 Å². The molecule has 2 heterocycles. The van der Waals surface area contributed by atoms with Gasteiger partial charge in [0.15, 0.2) is 23.1 Å². The Morgan fingerprint density at radius 1 is 1.04 bits per heavy atom. The Hall–Kier alpha value is -2.74. The molecule has 24 heavy (non-hydrogen) atoms. The molecule has 0 saturated carbocycles. The highest BCUT2D eigenvalue weighted by molar-refractivity contribution is 5.77. The molecule has 0 spiro atoms. The third-order valence-electron chi connectivity index (χ3n) is 3.24. The molecule has 0 atom stereocenters. The first-order valence-electron chi connectivity index (χ1n) is 7.73. The molecule has 1 aliphatic rings. The molecule has 0 aliphatic carbocycles. The van der Waals surface area contributed by atoms with Gasteiger partial charge in [0.05, 0.1) is 0 Å². The number of aromatic nitrogens is 2. The van der Waals surface area contributed by atoms with Gasteiger partial charge < -0.3 is 25.9 Å². The number of benzene rings is 1. The van der Waals surface area contributed by atoms with E-state index in [1.54, 1.807) is 0 Å². The zero-order chi connectivity index (χ0) is 17.2. The van der Waals surface area contributed by atoms with Gasteiger partial charge in [0.2, 0.25) is 0 Å². The molecule has 2 aromatic rings. The van der Waals surface area contributed by atoms with Crippen molar-refractivity contribution < 1.29 is 9.47 Å². The van der Waals surface area contributed by atoms with Crippen molar-refractivity contribution in [1.29, 1.82) is 0 Å². The van der Waals surface area contributed by atoms with Crippen molar-refractivity contribution in [2.24, 2.45) is 0 Å². The third kappa shape index (κ3) is 3.77. The number of anilines is 4. The number of nitrogen functional groups attached to an aromatic ring is 1. The Labute approximate surface area is 140 Å². The molecule has 0 saturated heterocycles. The third-order valence-corrected chi connectivity index (χ3v) is 3.24. The number of hydrazine groups is 1. The minimum absolute atomic E-state index is 0.124. The summed E-state index contributed by atoms with van der Waals surface area (Å²) >= 11 is 0. The Morgan fingerprint density at radius 2 is 1.75 bits per heavy atom. The van der Waals surface area contributed by atoms with Crippen LogP contribution in [-0.2, 0) is 0 Å². The number of nitrogens with zero attached hydrogens (tertiary/aromatic N) is 2. The summed E-state index contributed by atoms with van der Waals surface area (Å²) in [5.74, 6) is 2.46. The van der Waals surface area contributed by atoms with E-state index in [4.69, 9.17) is 15.2 Å². The minimum atomic E-state index is -0.124. The quantitative estimate of drug-likeness (QED) is 0.633. The molecule has 0 fully saturated rings. The van der Waals surface area contributed by atoms with Gasteiger partial charge in [-0.05, 0) is 32.9 Å². The maximum atomic E-state index is 6.15. The molecular weight excluding hydrogens is 308 g/mol. The van der Waals surface area contributed by atoms with Gasteiger partial charge >= 0.3 is 0 Å². The van der Waals surface area contributed by atoms with Crippen LogP contribution in [0.15, 0.2) is 24.5 Å². The van der Waals surface area contributed by atoms with Crippen LogP contribution in [0.25, 0.3) is 0 Å². The Bertz CT molecular complexity index is 729. The average molecular weight is 330 g/mol. The van der Waals surface area contributed by atoms with E-state index >= 15 is 0 Å². The smallest absolute Gasteiger partial charge is 0.169 e. The standard InChI is InChI=1S/C16H22N6O2/c1-16(2,3)22-21-15-13(17)14(18-9-19-15)20-10-4-5-11-12(8-10)24-7-6-23-11/h4-5,8-9,22H,6-7,17H2,1-3H3,(H2,18,19,20,21). The normalized spacial score (nSPS) is 13.5. The van der Waals surface area contributed by atoms with Crippen LogP contribution in [0, 0.1) is 0 Å². The van der Waals surface area contributed by atoms with Gasteiger partial charge in [-0.2, -0.15) is 0 Å². The zero-order valence-corrected chi connectivity index (χ0v) is 14.0. The molecule has 3 rings (SSSR count). The lowest BCUT2D eigenvalue weighted by Gasteiger charge is -2.22. The molecule has 8 nitrogen and oxygen atoms in total. The van der Waals surface area contributed by atoms with E-state index in [1.165, 1.54) is 6.33 Å². The van der Waals surface area contributed by atoms with E-state index in [1.807, 2.05) is 39.0 Å². The summed E-state index contributed by atoms with van der Waals surface area (Å²) in [5.41, 5.74) is 13.4. The Morgan fingerprint density at radius 3 is 2.50 bits per heavy atom. The second-order valence-corrected chi connectivity index (χ2v) is 6.47. The first kappa shape index (κ1) is 16.1. The minimum Gasteiger partial charge on any atom is -0.486 e. The SMILES string of the molecule is CC(C)(C)NNc1ncnc(Nc2ccc3c(c2)OCCO3)c1N. The highest BCUT2D eigenvalue weighted by Gasteiger charge is 2.15. The highest BCUT2D eigenvalue weighted by atomic mass is 16.6. The van der Waals surface area contributed by atoms with Crippen LogP contribution < -0.4 is 31.4 Å². The van der Waals surface area contributed by atoms with Gasteiger partial charge in [0.25, 0.3) is 0 Å². The van der Waals surface area contributed by atoms with Gasteiger partial charge in [-0.25, -0.2) is 15.4 Å². The first-order chi connectivity index (χ1) is 11.4. The number of rotatable bonds is 4. The lowest BCUT2D eigenvalue weighted by Crippen LogP contribution is -2.40. The molecule has 0 amide bonds. The summed E-state index contributed by atoms with van der Waals surface area (Å²) in [6.45, 7) is 7.20. The molecule has 8 heteroatoms. The van der Waals surface area contributed by atoms with Crippen molar-refractivity contribution in [1.82, 2.24) is 15.4 Å². The molecule has 0 radical (unpaired) electrons. The molecular formula is C16H22N6O2. The lowest BCUT2D eigenvalue weighted by atomic mass is 10.1. The van der Waals surface area contributed by atoms with Gasteiger partial charge in [-0.3, -0.25) is 0 Å². The van der Waals surface area contributed by atoms with Gasteiger partial charge in [0.1, 0.15) is 25.2 Å². The monoisotopic (exact) mass is 330 g/mol. The fourth-order valence-electron chi connectivity index (χ4n) is 2.10. The molecule has 0 bridgehead atoms. The van der Waals surface area contributed by atoms with E-state index in [0.717, 1.165) is 11.4 Å². The van der Waals surface area contributed by atoms with E-state index in [9.17, 15) is 0 Å². The fraction of sp³-hybridized carbons (Fsp3) is 0.375. The molecule has 1 aromatic carbocycles. The maximum Gasteiger partial charge on any atom is 0.169 e. The largest absolute Gasteiger partial charge is 0.486 e. The Kier molecular flexibility index (Phi) is 4.30. The summed E-state index contributed by atoms with van der Waals surface area (Å²) in [6.07, 6.45) is 1.45. The van der Waals surface area contributed by atoms with Crippen molar-refractivity contribution in [3.05, 3.63) is 24.5 Å². The van der Waals surface area contributed by atoms with Crippen LogP contribution in [0.3, 0.4) is 0 Å². The first-order valence-corrected chi connectivity index (χ1v) is 7.73. The van der Waals surface area contributed by atoms with Crippen molar-refractivity contribution >= 4 is 23.0 Å². The number of ether oxygens (including phenoxy) is 2. The van der Waals surface area contributed by atoms with E-state index in [0.29, 0.717) is 36.3 Å². The zero-order valence-electron chi connectivity index (χ0n) is 14.0. The van der Waals surface area contributed by atoms with Crippen LogP contribution in [0.2, 0.25) is 0 Å². The summed E-state index contributed by atoms with van der Waals surface area (Å²) in [5, 5.41) is 3.18. The lowest BCUT2D eigenvalue weighted by molar-refractivity contribution is 0.171. The molecule has 1 aromatic heterocycles. The van der Waals surface area contributed by atoms with Crippen LogP contribution in [0.1, 0.15) is 20.8 Å². The maximum absolute atomic E-state index is 6.15. The van der Waals surface area contributed by atoms with Crippen molar-refractivity contribution in [3.63, 3.8) is 0 Å². The number of nitrogens with two attached hydrogens (primary N) is 1. The number of hydrogen-bond acceptors (Lipinski definition) is 8. The average Bonchev–Trinajstić information content (AvgIpc) is 2.55. The number of fused-ring (bicyclic) bond motifs is 1. The van der Waals surface area contributed by atoms with Gasteiger partial charge in [0, 0.05) is 17.3 Å². The van der Waals surface area contributed by atoms with Crippen LogP contribution in [0.5, 0.6) is 11.5 Å². The van der Waals surface area contributed by atoms with E-state index in [-0.39, 0.29) is 5.54 Å². The highest BCUT2D eigenvalue weighted by Crippen LogP contribution is 2.34. The molecule has 5 N–H and O–H groups in total. The number of hydrogen-bond donors (Lipinski definition) is 4. The predicted molar refractivity (Wildman–Crippen MR) is 93.7 cm³/mol. The Balaban J connectivity index is 1.78. The van der Waals surface area contributed by atoms with Crippen molar-refractivity contribution in [2.75, 3.05) is 29.7 Å². The van der Waals surface area contributed by atoms with Crippen LogP contribution in [-0.4, -0.2) is 28.7 Å². The molecule has 1 aliphatic heterocycles. The van der Waals surface area contributed by atoms with Crippen LogP contribution in [0.4, 0.5) is 23.0 Å². The van der Waals surface area contributed by atoms with Crippen LogP contribution >= 0.6 is 0 Å². The fourth-order valence-corrected chi connectivity index (χ4v) is 2.10. The van der Waals surface area contributed by atoms with Gasteiger partial charge in [-0.15, -0.1) is 0 Å². The number of nitrogens with one attached hydrogen (secondary N) is 3. The van der Waals surface area contributed by atoms with Gasteiger partial charge in [-0.1, -0.05) is 0 Å². The predicted octanol–water partition coefficient (Wildman–Crippen LogP) is 2.29. The van der Waals surface area contributed by atoms with E-state index < -0.39 is 0 Å². The summed E-state index contributed by atoms with van der Waals surface area (Å²) in [4.78, 5) is 8.36. The molecule has 128 valence electrons. The topological polar surface area (TPSA) is 106 Å². The summed E-state index contributed by atoms with van der Waals surface area (Å²) < 4.78 is 11.1. The summed E-state index contributed by atoms with van der Waals surface area (Å²) in [7, 11) is 0. The van der Waals surface area contributed by atoms with Crippen molar-refractivity contribution in [3.8, 4) is 11.5 Å².